The molecule has 16 heavy (non-hydrogen) atoms. The van der Waals surface area contributed by atoms with E-state index in [1.165, 1.54) is 5.56 Å². The molecule has 0 aliphatic heterocycles. The quantitative estimate of drug-likeness (QED) is 0.808. The Morgan fingerprint density at radius 2 is 2.00 bits per heavy atom. The van der Waals surface area contributed by atoms with Gasteiger partial charge in [-0.1, -0.05) is 15.9 Å². The molecule has 0 saturated heterocycles. The lowest BCUT2D eigenvalue weighted by atomic mass is 10.3. The smallest absolute Gasteiger partial charge is 0.119 e. The van der Waals surface area contributed by atoms with Crippen molar-refractivity contribution in [2.24, 2.45) is 0 Å². The van der Waals surface area contributed by atoms with Crippen molar-refractivity contribution in [1.82, 2.24) is 9.78 Å². The molecule has 0 aliphatic rings. The van der Waals surface area contributed by atoms with Gasteiger partial charge in [0.25, 0.3) is 0 Å². The maximum atomic E-state index is 5.12. The van der Waals surface area contributed by atoms with E-state index in [0.717, 1.165) is 22.5 Å². The Morgan fingerprint density at radius 3 is 2.50 bits per heavy atom. The number of halogens is 1. The molecule has 1 aromatic carbocycles. The van der Waals surface area contributed by atoms with E-state index >= 15 is 0 Å². The van der Waals surface area contributed by atoms with Crippen LogP contribution in [0.5, 0.6) is 5.75 Å². The maximum Gasteiger partial charge on any atom is 0.119 e. The van der Waals surface area contributed by atoms with Crippen molar-refractivity contribution in [3.05, 3.63) is 41.7 Å². The molecular formula is C12H13BrN2O. The van der Waals surface area contributed by atoms with Gasteiger partial charge in [0.15, 0.2) is 0 Å². The SMILES string of the molecule is COc1ccc(-n2cc(CBr)c(C)n2)cc1. The molecule has 0 unspecified atom stereocenters. The molecule has 2 aromatic rings. The Balaban J connectivity index is 2.34. The van der Waals surface area contributed by atoms with Crippen LogP contribution < -0.4 is 4.74 Å². The third-order valence-corrected chi connectivity index (χ3v) is 3.09. The zero-order valence-electron chi connectivity index (χ0n) is 9.27. The summed E-state index contributed by atoms with van der Waals surface area (Å²) in [6.45, 7) is 2.01. The van der Waals surface area contributed by atoms with Crippen molar-refractivity contribution in [3.8, 4) is 11.4 Å². The summed E-state index contributed by atoms with van der Waals surface area (Å²) in [5, 5.41) is 5.28. The van der Waals surface area contributed by atoms with Gasteiger partial charge in [0.2, 0.25) is 0 Å². The average molecular weight is 281 g/mol. The van der Waals surface area contributed by atoms with E-state index in [0.29, 0.717) is 0 Å². The van der Waals surface area contributed by atoms with Crippen LogP contribution in [0.15, 0.2) is 30.5 Å². The first-order chi connectivity index (χ1) is 7.74. The molecule has 0 fully saturated rings. The minimum absolute atomic E-state index is 0.828. The van der Waals surface area contributed by atoms with Crippen LogP contribution in [0.25, 0.3) is 5.69 Å². The first kappa shape index (κ1) is 11.2. The number of benzene rings is 1. The molecule has 1 heterocycles. The van der Waals surface area contributed by atoms with E-state index in [9.17, 15) is 0 Å². The molecular weight excluding hydrogens is 268 g/mol. The van der Waals surface area contributed by atoms with Crippen LogP contribution in [0, 0.1) is 6.92 Å². The molecule has 0 saturated carbocycles. The highest BCUT2D eigenvalue weighted by Crippen LogP contribution is 2.17. The van der Waals surface area contributed by atoms with Gasteiger partial charge in [-0.2, -0.15) is 5.10 Å². The number of rotatable bonds is 3. The summed E-state index contributed by atoms with van der Waals surface area (Å²) in [5.41, 5.74) is 3.29. The number of aromatic nitrogens is 2. The van der Waals surface area contributed by atoms with Crippen molar-refractivity contribution in [2.45, 2.75) is 12.3 Å². The lowest BCUT2D eigenvalue weighted by Gasteiger charge is -2.02. The summed E-state index contributed by atoms with van der Waals surface area (Å²) < 4.78 is 7.00. The second-order valence-electron chi connectivity index (χ2n) is 3.52. The second kappa shape index (κ2) is 4.70. The number of methoxy groups -OCH3 is 1. The van der Waals surface area contributed by atoms with Crippen LogP contribution in [0.3, 0.4) is 0 Å². The van der Waals surface area contributed by atoms with Crippen LogP contribution in [0.4, 0.5) is 0 Å². The molecule has 0 aliphatic carbocycles. The summed E-state index contributed by atoms with van der Waals surface area (Å²) in [7, 11) is 1.66. The van der Waals surface area contributed by atoms with Gasteiger partial charge in [-0.15, -0.1) is 0 Å². The molecule has 0 spiro atoms. The fraction of sp³-hybridized carbons (Fsp3) is 0.250. The Hall–Kier alpha value is -1.29. The van der Waals surface area contributed by atoms with Crippen LogP contribution in [-0.2, 0) is 5.33 Å². The molecule has 84 valence electrons. The zero-order chi connectivity index (χ0) is 11.5. The highest BCUT2D eigenvalue weighted by atomic mass is 79.9. The molecule has 2 rings (SSSR count). The first-order valence-corrected chi connectivity index (χ1v) is 6.12. The van der Waals surface area contributed by atoms with Crippen LogP contribution in [0.2, 0.25) is 0 Å². The normalized spacial score (nSPS) is 10.4. The maximum absolute atomic E-state index is 5.12. The third-order valence-electron chi connectivity index (χ3n) is 2.48. The zero-order valence-corrected chi connectivity index (χ0v) is 10.9. The lowest BCUT2D eigenvalue weighted by Crippen LogP contribution is -1.94. The Morgan fingerprint density at radius 1 is 1.31 bits per heavy atom. The van der Waals surface area contributed by atoms with E-state index in [2.05, 4.69) is 21.0 Å². The molecule has 0 radical (unpaired) electrons. The fourth-order valence-corrected chi connectivity index (χ4v) is 2.04. The number of ether oxygens (including phenoxy) is 1. The van der Waals surface area contributed by atoms with E-state index < -0.39 is 0 Å². The largest absolute Gasteiger partial charge is 0.497 e. The average Bonchev–Trinajstić information content (AvgIpc) is 2.71. The molecule has 0 amide bonds. The van der Waals surface area contributed by atoms with Crippen LogP contribution >= 0.6 is 15.9 Å². The van der Waals surface area contributed by atoms with Gasteiger partial charge >= 0.3 is 0 Å². The fourth-order valence-electron chi connectivity index (χ4n) is 1.49. The predicted octanol–water partition coefficient (Wildman–Crippen LogP) is 3.08. The summed E-state index contributed by atoms with van der Waals surface area (Å²) in [6.07, 6.45) is 2.03. The molecule has 0 bridgehead atoms. The van der Waals surface area contributed by atoms with Crippen molar-refractivity contribution in [1.29, 1.82) is 0 Å². The number of hydrogen-bond donors (Lipinski definition) is 0. The highest BCUT2D eigenvalue weighted by molar-refractivity contribution is 9.08. The van der Waals surface area contributed by atoms with Gasteiger partial charge in [-0.3, -0.25) is 0 Å². The van der Waals surface area contributed by atoms with Gasteiger partial charge in [0.05, 0.1) is 18.5 Å². The number of nitrogens with zero attached hydrogens (tertiary/aromatic N) is 2. The molecule has 0 N–H and O–H groups in total. The van der Waals surface area contributed by atoms with Crippen LogP contribution in [-0.4, -0.2) is 16.9 Å². The van der Waals surface area contributed by atoms with E-state index in [1.54, 1.807) is 7.11 Å². The van der Waals surface area contributed by atoms with Gasteiger partial charge in [0.1, 0.15) is 5.75 Å². The van der Waals surface area contributed by atoms with Crippen molar-refractivity contribution in [2.75, 3.05) is 7.11 Å². The molecule has 3 nitrogen and oxygen atoms in total. The number of hydrogen-bond acceptors (Lipinski definition) is 2. The Kier molecular flexibility index (Phi) is 3.29. The van der Waals surface area contributed by atoms with Crippen molar-refractivity contribution in [3.63, 3.8) is 0 Å². The first-order valence-electron chi connectivity index (χ1n) is 5.00. The predicted molar refractivity (Wildman–Crippen MR) is 67.5 cm³/mol. The summed E-state index contributed by atoms with van der Waals surface area (Å²) in [5.74, 6) is 0.855. The minimum atomic E-state index is 0.828. The van der Waals surface area contributed by atoms with Crippen molar-refractivity contribution < 1.29 is 4.74 Å². The second-order valence-corrected chi connectivity index (χ2v) is 4.08. The van der Waals surface area contributed by atoms with Gasteiger partial charge in [-0.05, 0) is 31.2 Å². The standard InChI is InChI=1S/C12H13BrN2O/c1-9-10(7-13)8-15(14-9)11-3-5-12(16-2)6-4-11/h3-6,8H,7H2,1-2H3. The third kappa shape index (κ3) is 2.11. The molecule has 1 aromatic heterocycles. The van der Waals surface area contributed by atoms with E-state index in [-0.39, 0.29) is 0 Å². The number of aryl methyl sites for hydroxylation is 1. The van der Waals surface area contributed by atoms with E-state index in [4.69, 9.17) is 4.74 Å². The molecule has 0 atom stereocenters. The van der Waals surface area contributed by atoms with Crippen molar-refractivity contribution >= 4 is 15.9 Å². The minimum Gasteiger partial charge on any atom is -0.497 e. The van der Waals surface area contributed by atoms with Gasteiger partial charge in [-0.25, -0.2) is 4.68 Å². The summed E-state index contributed by atoms with van der Waals surface area (Å²) >= 11 is 3.44. The van der Waals surface area contributed by atoms with Gasteiger partial charge < -0.3 is 4.74 Å². The van der Waals surface area contributed by atoms with E-state index in [1.807, 2.05) is 42.1 Å². The van der Waals surface area contributed by atoms with Crippen LogP contribution in [0.1, 0.15) is 11.3 Å². The summed E-state index contributed by atoms with van der Waals surface area (Å²) in [4.78, 5) is 0. The lowest BCUT2D eigenvalue weighted by molar-refractivity contribution is 0.414. The summed E-state index contributed by atoms with van der Waals surface area (Å²) in [6, 6.07) is 7.84. The Bertz CT molecular complexity index is 476. The molecule has 4 heteroatoms. The monoisotopic (exact) mass is 280 g/mol. The number of alkyl halides is 1. The Labute approximate surface area is 103 Å². The highest BCUT2D eigenvalue weighted by Gasteiger charge is 2.04. The van der Waals surface area contributed by atoms with Gasteiger partial charge in [0, 0.05) is 17.1 Å². The topological polar surface area (TPSA) is 27.1 Å².